The van der Waals surface area contributed by atoms with Gasteiger partial charge in [0.2, 0.25) is 0 Å². The summed E-state index contributed by atoms with van der Waals surface area (Å²) >= 11 is 0. The van der Waals surface area contributed by atoms with Gasteiger partial charge in [0.25, 0.3) is 12.0 Å². The largest absolute Gasteiger partial charge is 0.390 e. The first-order chi connectivity index (χ1) is 15.6. The van der Waals surface area contributed by atoms with Crippen LogP contribution < -0.4 is 16.1 Å². The Labute approximate surface area is 187 Å². The molecule has 1 aliphatic heterocycles. The van der Waals surface area contributed by atoms with Gasteiger partial charge < -0.3 is 15.1 Å². The molecule has 2 heterocycles. The summed E-state index contributed by atoms with van der Waals surface area (Å²) in [6.07, 6.45) is 0.231. The van der Waals surface area contributed by atoms with E-state index in [2.05, 4.69) is 4.98 Å². The van der Waals surface area contributed by atoms with Crippen LogP contribution in [0.3, 0.4) is 0 Å². The summed E-state index contributed by atoms with van der Waals surface area (Å²) in [4.78, 5) is 28.8. The molecule has 2 aliphatic carbocycles. The Morgan fingerprint density at radius 1 is 1.15 bits per heavy atom. The van der Waals surface area contributed by atoms with Gasteiger partial charge in [-0.1, -0.05) is 12.8 Å². The quantitative estimate of drug-likeness (QED) is 0.628. The van der Waals surface area contributed by atoms with E-state index in [-0.39, 0.29) is 35.3 Å². The molecule has 0 bridgehead atoms. The zero-order chi connectivity index (χ0) is 23.7. The molecule has 3 fully saturated rings. The zero-order valence-corrected chi connectivity index (χ0v) is 18.4. The van der Waals surface area contributed by atoms with E-state index in [1.165, 1.54) is 4.57 Å². The number of H-pyrrole nitrogens is 1. The van der Waals surface area contributed by atoms with Crippen molar-refractivity contribution < 1.29 is 23.4 Å². The van der Waals surface area contributed by atoms with Crippen LogP contribution in [0.2, 0.25) is 0 Å². The fourth-order valence-electron chi connectivity index (χ4n) is 5.91. The highest BCUT2D eigenvalue weighted by Gasteiger charge is 2.45. The summed E-state index contributed by atoms with van der Waals surface area (Å²) in [5.74, 6) is -1.52. The molecule has 7 nitrogen and oxygen atoms in total. The molecule has 0 spiro atoms. The van der Waals surface area contributed by atoms with E-state index in [9.17, 15) is 28.6 Å². The number of hydrogen-bond donors (Lipinski definition) is 3. The van der Waals surface area contributed by atoms with E-state index in [0.29, 0.717) is 38.6 Å². The number of aliphatic hydroxyl groups is 2. The number of anilines is 1. The van der Waals surface area contributed by atoms with Crippen LogP contribution in [0.5, 0.6) is 0 Å². The van der Waals surface area contributed by atoms with E-state index in [4.69, 9.17) is 0 Å². The van der Waals surface area contributed by atoms with Gasteiger partial charge in [-0.3, -0.25) is 14.3 Å². The van der Waals surface area contributed by atoms with Crippen molar-refractivity contribution >= 4 is 16.6 Å². The van der Waals surface area contributed by atoms with Gasteiger partial charge in [0.05, 0.1) is 33.9 Å². The van der Waals surface area contributed by atoms with E-state index >= 15 is 4.39 Å². The highest BCUT2D eigenvalue weighted by atomic mass is 19.3. The second-order valence-electron chi connectivity index (χ2n) is 9.84. The van der Waals surface area contributed by atoms with Crippen molar-refractivity contribution in [3.8, 4) is 0 Å². The minimum Gasteiger partial charge on any atom is -0.390 e. The Bertz CT molecular complexity index is 1210. The molecule has 1 aromatic heterocycles. The minimum absolute atomic E-state index is 0.0522. The number of alkyl halides is 2. The highest BCUT2D eigenvalue weighted by Crippen LogP contribution is 2.44. The van der Waals surface area contributed by atoms with Gasteiger partial charge in [0.1, 0.15) is 0 Å². The molecule has 10 heteroatoms. The molecule has 2 saturated carbocycles. The van der Waals surface area contributed by atoms with Gasteiger partial charge in [0.15, 0.2) is 5.82 Å². The lowest BCUT2D eigenvalue weighted by Crippen LogP contribution is -2.45. The summed E-state index contributed by atoms with van der Waals surface area (Å²) in [5, 5.41) is 21.2. The number of nitrogens with zero attached hydrogens (tertiary/aromatic N) is 2. The Morgan fingerprint density at radius 3 is 2.42 bits per heavy atom. The van der Waals surface area contributed by atoms with Crippen molar-refractivity contribution in [2.45, 2.75) is 76.0 Å². The zero-order valence-electron chi connectivity index (χ0n) is 18.4. The molecule has 5 rings (SSSR count). The molecular weight excluding hydrogens is 439 g/mol. The number of hydrogen-bond acceptors (Lipinski definition) is 5. The summed E-state index contributed by atoms with van der Waals surface area (Å²) in [7, 11) is 0. The standard InChI is InChI=1S/C23H28F3N3O4/c1-11-17-15(21(31)27-22(32)29(17)13-4-5-13)14(20(25)26)16(24)18(11)28-9-6-12(10-28)19(30)23(33)7-2-3-8-23/h12-13,19-20,30,33H,2-10H2,1H3,(H,27,31,32). The van der Waals surface area contributed by atoms with Crippen LogP contribution in [0.4, 0.5) is 18.9 Å². The lowest BCUT2D eigenvalue weighted by atomic mass is 9.85. The van der Waals surface area contributed by atoms with E-state index in [1.54, 1.807) is 11.8 Å². The number of aromatic amines is 1. The highest BCUT2D eigenvalue weighted by molar-refractivity contribution is 5.90. The third-order valence-corrected chi connectivity index (χ3v) is 7.71. The molecule has 33 heavy (non-hydrogen) atoms. The van der Waals surface area contributed by atoms with Crippen LogP contribution in [0.1, 0.15) is 68.5 Å². The molecule has 180 valence electrons. The first-order valence-corrected chi connectivity index (χ1v) is 11.6. The molecule has 0 radical (unpaired) electrons. The lowest BCUT2D eigenvalue weighted by molar-refractivity contribution is -0.0922. The van der Waals surface area contributed by atoms with Crippen molar-refractivity contribution in [1.29, 1.82) is 0 Å². The number of fused-ring (bicyclic) bond motifs is 1. The second-order valence-corrected chi connectivity index (χ2v) is 9.84. The maximum atomic E-state index is 15.6. The minimum atomic E-state index is -3.25. The predicted molar refractivity (Wildman–Crippen MR) is 116 cm³/mol. The SMILES string of the molecule is Cc1c(N2CCC(C(O)C3(O)CCCC3)C2)c(F)c(C(F)F)c2c(=O)[nH]c(=O)n(C3CC3)c12. The van der Waals surface area contributed by atoms with E-state index in [0.717, 1.165) is 12.8 Å². The number of aryl methyl sites for hydroxylation is 1. The average molecular weight is 467 g/mol. The predicted octanol–water partition coefficient (Wildman–Crippen LogP) is 2.90. The van der Waals surface area contributed by atoms with Crippen molar-refractivity contribution in [3.63, 3.8) is 0 Å². The van der Waals surface area contributed by atoms with Crippen LogP contribution in [-0.2, 0) is 0 Å². The summed E-state index contributed by atoms with van der Waals surface area (Å²) in [5.41, 5.74) is -3.63. The van der Waals surface area contributed by atoms with Crippen LogP contribution in [-0.4, -0.2) is 44.6 Å². The summed E-state index contributed by atoms with van der Waals surface area (Å²) in [6.45, 7) is 2.04. The smallest absolute Gasteiger partial charge is 0.329 e. The molecule has 2 aromatic rings. The number of nitrogens with one attached hydrogen (secondary N) is 1. The first kappa shape index (κ1) is 22.5. The van der Waals surface area contributed by atoms with Crippen LogP contribution in [0.25, 0.3) is 10.9 Å². The third-order valence-electron chi connectivity index (χ3n) is 7.71. The van der Waals surface area contributed by atoms with Gasteiger partial charge in [-0.05, 0) is 39.0 Å². The fourth-order valence-corrected chi connectivity index (χ4v) is 5.91. The number of aromatic nitrogens is 2. The Balaban J connectivity index is 1.64. The van der Waals surface area contributed by atoms with Gasteiger partial charge in [0, 0.05) is 30.6 Å². The molecule has 3 N–H and O–H groups in total. The summed E-state index contributed by atoms with van der Waals surface area (Å²) in [6, 6.07) is -0.218. The van der Waals surface area contributed by atoms with Crippen LogP contribution in [0, 0.1) is 18.7 Å². The number of aliphatic hydroxyl groups excluding tert-OH is 1. The summed E-state index contributed by atoms with van der Waals surface area (Å²) < 4.78 is 45.1. The monoisotopic (exact) mass is 467 g/mol. The molecule has 2 unspecified atom stereocenters. The maximum Gasteiger partial charge on any atom is 0.329 e. The van der Waals surface area contributed by atoms with Crippen molar-refractivity contribution in [2.24, 2.45) is 5.92 Å². The Kier molecular flexibility index (Phi) is 5.36. The van der Waals surface area contributed by atoms with Crippen LogP contribution >= 0.6 is 0 Å². The van der Waals surface area contributed by atoms with Gasteiger partial charge in [-0.2, -0.15) is 0 Å². The Morgan fingerprint density at radius 2 is 1.82 bits per heavy atom. The average Bonchev–Trinajstić information content (AvgIpc) is 3.29. The molecule has 0 amide bonds. The molecule has 3 aliphatic rings. The van der Waals surface area contributed by atoms with Crippen LogP contribution in [0.15, 0.2) is 9.59 Å². The van der Waals surface area contributed by atoms with Crippen molar-refractivity contribution in [1.82, 2.24) is 9.55 Å². The van der Waals surface area contributed by atoms with Crippen molar-refractivity contribution in [3.05, 3.63) is 37.8 Å². The normalized spacial score (nSPS) is 23.7. The second kappa shape index (κ2) is 7.87. The number of halogens is 3. The van der Waals surface area contributed by atoms with E-state index < -0.39 is 46.1 Å². The Hall–Kier alpha value is -2.33. The number of rotatable bonds is 5. The lowest BCUT2D eigenvalue weighted by Gasteiger charge is -2.33. The van der Waals surface area contributed by atoms with Gasteiger partial charge >= 0.3 is 5.69 Å². The van der Waals surface area contributed by atoms with Crippen molar-refractivity contribution in [2.75, 3.05) is 18.0 Å². The maximum absolute atomic E-state index is 15.6. The number of benzene rings is 1. The first-order valence-electron chi connectivity index (χ1n) is 11.6. The van der Waals surface area contributed by atoms with Gasteiger partial charge in [-0.15, -0.1) is 0 Å². The fraction of sp³-hybridized carbons (Fsp3) is 0.652. The molecular formula is C23H28F3N3O4. The third kappa shape index (κ3) is 3.49. The van der Waals surface area contributed by atoms with E-state index in [1.807, 2.05) is 0 Å². The topological polar surface area (TPSA) is 98.6 Å². The molecule has 1 saturated heterocycles. The molecule has 1 aromatic carbocycles. The molecule has 2 atom stereocenters. The van der Waals surface area contributed by atoms with Gasteiger partial charge in [-0.25, -0.2) is 18.0 Å².